The van der Waals surface area contributed by atoms with E-state index >= 15 is 0 Å². The van der Waals surface area contributed by atoms with E-state index in [1.54, 1.807) is 0 Å². The Hall–Kier alpha value is -1.81. The van der Waals surface area contributed by atoms with Crippen LogP contribution >= 0.6 is 23.4 Å². The lowest BCUT2D eigenvalue weighted by atomic mass is 10.2. The highest BCUT2D eigenvalue weighted by molar-refractivity contribution is 7.99. The number of aromatic nitrogens is 3. The Morgan fingerprint density at radius 3 is 2.73 bits per heavy atom. The summed E-state index contributed by atoms with van der Waals surface area (Å²) in [7, 11) is 0. The summed E-state index contributed by atoms with van der Waals surface area (Å²) in [6.07, 6.45) is -3.06. The quantitative estimate of drug-likeness (QED) is 0.485. The first-order chi connectivity index (χ1) is 14.1. The molecule has 0 saturated carbocycles. The fraction of sp³-hybridized carbons (Fsp3) is 0.400. The normalized spacial score (nSPS) is 18.9. The Bertz CT molecular complexity index is 1070. The molecule has 0 amide bonds. The summed E-state index contributed by atoms with van der Waals surface area (Å²) < 4.78 is 52.2. The predicted molar refractivity (Wildman–Crippen MR) is 108 cm³/mol. The molecule has 30 heavy (non-hydrogen) atoms. The Balaban J connectivity index is 1.60. The van der Waals surface area contributed by atoms with Crippen LogP contribution in [0.25, 0.3) is 11.0 Å². The van der Waals surface area contributed by atoms with Crippen molar-refractivity contribution in [3.05, 3.63) is 47.1 Å². The summed E-state index contributed by atoms with van der Waals surface area (Å²) in [5, 5.41) is 0.800. The smallest absolute Gasteiger partial charge is 0.348 e. The van der Waals surface area contributed by atoms with E-state index in [1.807, 2.05) is 42.7 Å². The Kier molecular flexibility index (Phi) is 5.73. The number of ether oxygens (including phenoxy) is 2. The van der Waals surface area contributed by atoms with Crippen molar-refractivity contribution >= 4 is 34.4 Å². The fourth-order valence-corrected chi connectivity index (χ4v) is 4.43. The summed E-state index contributed by atoms with van der Waals surface area (Å²) >= 11 is 7.23. The van der Waals surface area contributed by atoms with Gasteiger partial charge in [-0.1, -0.05) is 23.7 Å². The summed E-state index contributed by atoms with van der Waals surface area (Å²) in [6, 6.07) is 8.51. The predicted octanol–water partition coefficient (Wildman–Crippen LogP) is 5.80. The number of aryl methyl sites for hydroxylation is 1. The Labute approximate surface area is 180 Å². The molecule has 10 heteroatoms. The highest BCUT2D eigenvalue weighted by Gasteiger charge is 2.33. The third-order valence-electron chi connectivity index (χ3n) is 4.68. The van der Waals surface area contributed by atoms with Gasteiger partial charge in [-0.3, -0.25) is 0 Å². The SMILES string of the molecule is CC1(C)OCC(CCn2c(Sc3ncc(C(F)(F)F)cc3Cl)nc3ccccc32)O1. The molecule has 0 aliphatic carbocycles. The number of hydrogen-bond acceptors (Lipinski definition) is 5. The van der Waals surface area contributed by atoms with Crippen molar-refractivity contribution < 1.29 is 22.6 Å². The first kappa shape index (κ1) is 21.4. The van der Waals surface area contributed by atoms with Crippen molar-refractivity contribution in [3.8, 4) is 0 Å². The van der Waals surface area contributed by atoms with Crippen molar-refractivity contribution in [2.24, 2.45) is 0 Å². The maximum absolute atomic E-state index is 12.9. The number of pyridine rings is 1. The van der Waals surface area contributed by atoms with Crippen LogP contribution in [0.4, 0.5) is 13.2 Å². The number of halogens is 4. The van der Waals surface area contributed by atoms with E-state index < -0.39 is 17.5 Å². The van der Waals surface area contributed by atoms with Gasteiger partial charge in [0.05, 0.1) is 34.3 Å². The molecule has 5 nitrogen and oxygen atoms in total. The molecular formula is C20H19ClF3N3O2S. The molecule has 1 unspecified atom stereocenters. The maximum Gasteiger partial charge on any atom is 0.417 e. The van der Waals surface area contributed by atoms with Gasteiger partial charge in [0.1, 0.15) is 5.03 Å². The first-order valence-electron chi connectivity index (χ1n) is 9.30. The zero-order chi connectivity index (χ0) is 21.5. The van der Waals surface area contributed by atoms with E-state index in [0.29, 0.717) is 24.7 Å². The molecule has 0 spiro atoms. The minimum Gasteiger partial charge on any atom is -0.348 e. The van der Waals surface area contributed by atoms with Crippen molar-refractivity contribution in [2.75, 3.05) is 6.61 Å². The molecule has 3 aromatic rings. The summed E-state index contributed by atoms with van der Waals surface area (Å²) in [4.78, 5) is 8.55. The molecule has 1 fully saturated rings. The third kappa shape index (κ3) is 4.59. The second-order valence-corrected chi connectivity index (χ2v) is 8.75. The molecule has 1 saturated heterocycles. The summed E-state index contributed by atoms with van der Waals surface area (Å²) in [5.41, 5.74) is 0.819. The fourth-order valence-electron chi connectivity index (χ4n) is 3.27. The lowest BCUT2D eigenvalue weighted by Crippen LogP contribution is -2.22. The van der Waals surface area contributed by atoms with E-state index in [4.69, 9.17) is 21.1 Å². The maximum atomic E-state index is 12.9. The zero-order valence-corrected chi connectivity index (χ0v) is 17.8. The average Bonchev–Trinajstić information content (AvgIpc) is 3.19. The monoisotopic (exact) mass is 457 g/mol. The number of rotatable bonds is 5. The number of nitrogens with zero attached hydrogens (tertiary/aromatic N) is 3. The lowest BCUT2D eigenvalue weighted by Gasteiger charge is -2.17. The summed E-state index contributed by atoms with van der Waals surface area (Å²) in [5.74, 6) is -0.600. The van der Waals surface area contributed by atoms with Crippen LogP contribution in [0.5, 0.6) is 0 Å². The molecule has 160 valence electrons. The lowest BCUT2D eigenvalue weighted by molar-refractivity contribution is -0.139. The van der Waals surface area contributed by atoms with Crippen molar-refractivity contribution in [1.82, 2.24) is 14.5 Å². The van der Waals surface area contributed by atoms with Gasteiger partial charge in [-0.15, -0.1) is 0 Å². The van der Waals surface area contributed by atoms with Crippen molar-refractivity contribution in [3.63, 3.8) is 0 Å². The number of benzene rings is 1. The Morgan fingerprint density at radius 1 is 1.30 bits per heavy atom. The highest BCUT2D eigenvalue weighted by atomic mass is 35.5. The van der Waals surface area contributed by atoms with Gasteiger partial charge in [0.25, 0.3) is 0 Å². The number of alkyl halides is 3. The van der Waals surface area contributed by atoms with E-state index in [9.17, 15) is 13.2 Å². The van der Waals surface area contributed by atoms with Gasteiger partial charge in [-0.05, 0) is 50.2 Å². The largest absolute Gasteiger partial charge is 0.417 e. The van der Waals surface area contributed by atoms with Gasteiger partial charge < -0.3 is 14.0 Å². The molecule has 3 heterocycles. The van der Waals surface area contributed by atoms with Gasteiger partial charge in [-0.2, -0.15) is 13.2 Å². The van der Waals surface area contributed by atoms with Crippen LogP contribution < -0.4 is 0 Å². The zero-order valence-electron chi connectivity index (χ0n) is 16.2. The molecule has 0 radical (unpaired) electrons. The van der Waals surface area contributed by atoms with Crippen LogP contribution in [0.2, 0.25) is 5.02 Å². The van der Waals surface area contributed by atoms with Crippen LogP contribution in [0, 0.1) is 0 Å². The van der Waals surface area contributed by atoms with E-state index in [-0.39, 0.29) is 16.2 Å². The minimum atomic E-state index is -4.50. The van der Waals surface area contributed by atoms with Crippen molar-refractivity contribution in [2.45, 2.75) is 55.1 Å². The molecular weight excluding hydrogens is 439 g/mol. The van der Waals surface area contributed by atoms with Gasteiger partial charge >= 0.3 is 6.18 Å². The Morgan fingerprint density at radius 2 is 2.07 bits per heavy atom. The van der Waals surface area contributed by atoms with Gasteiger partial charge in [0, 0.05) is 12.7 Å². The van der Waals surface area contributed by atoms with E-state index in [1.165, 1.54) is 0 Å². The van der Waals surface area contributed by atoms with Gasteiger partial charge in [0.15, 0.2) is 10.9 Å². The molecule has 1 atom stereocenters. The third-order valence-corrected chi connectivity index (χ3v) is 6.10. The summed E-state index contributed by atoms with van der Waals surface area (Å²) in [6.45, 7) is 4.86. The highest BCUT2D eigenvalue weighted by Crippen LogP contribution is 2.37. The topological polar surface area (TPSA) is 49.2 Å². The van der Waals surface area contributed by atoms with Crippen LogP contribution in [0.1, 0.15) is 25.8 Å². The first-order valence-corrected chi connectivity index (χ1v) is 10.5. The molecule has 0 N–H and O–H groups in total. The standard InChI is InChI=1S/C20H19ClF3N3O2S/c1-19(2)28-11-13(29-19)7-8-27-16-6-4-3-5-15(16)26-18(27)30-17-14(21)9-12(10-25-17)20(22,23)24/h3-6,9-10,13H,7-8,11H2,1-2H3. The van der Waals surface area contributed by atoms with Crippen LogP contribution in [0.15, 0.2) is 46.7 Å². The molecule has 1 aliphatic heterocycles. The second-order valence-electron chi connectivity index (χ2n) is 7.38. The average molecular weight is 458 g/mol. The number of hydrogen-bond donors (Lipinski definition) is 0. The molecule has 0 bridgehead atoms. The number of fused-ring (bicyclic) bond motifs is 1. The van der Waals surface area contributed by atoms with Gasteiger partial charge in [0.2, 0.25) is 0 Å². The van der Waals surface area contributed by atoms with Crippen LogP contribution in [-0.2, 0) is 22.2 Å². The molecule has 1 aliphatic rings. The van der Waals surface area contributed by atoms with Crippen LogP contribution in [0.3, 0.4) is 0 Å². The molecule has 2 aromatic heterocycles. The van der Waals surface area contributed by atoms with Crippen LogP contribution in [-0.4, -0.2) is 33.0 Å². The van der Waals surface area contributed by atoms with Crippen molar-refractivity contribution in [1.29, 1.82) is 0 Å². The number of imidazole rings is 1. The molecule has 4 rings (SSSR count). The van der Waals surface area contributed by atoms with E-state index in [0.717, 1.165) is 35.1 Å². The number of para-hydroxylation sites is 2. The van der Waals surface area contributed by atoms with Gasteiger partial charge in [-0.25, -0.2) is 9.97 Å². The minimum absolute atomic E-state index is 0.0493. The second kappa shape index (κ2) is 8.03. The molecule has 1 aromatic carbocycles. The van der Waals surface area contributed by atoms with E-state index in [2.05, 4.69) is 9.97 Å².